The molecular formula is C15H23BrIN3O2. The Balaban J connectivity index is 0.00000242. The zero-order valence-corrected chi connectivity index (χ0v) is 16.8. The summed E-state index contributed by atoms with van der Waals surface area (Å²) in [5, 5.41) is 3.28. The van der Waals surface area contributed by atoms with E-state index in [0.717, 1.165) is 10.0 Å². The Morgan fingerprint density at radius 3 is 2.45 bits per heavy atom. The number of hydrogen-bond acceptors (Lipinski definition) is 3. The summed E-state index contributed by atoms with van der Waals surface area (Å²) < 4.78 is 11.5. The van der Waals surface area contributed by atoms with Gasteiger partial charge in [0.2, 0.25) is 0 Å². The van der Waals surface area contributed by atoms with Gasteiger partial charge in [-0.1, -0.05) is 28.8 Å². The lowest BCUT2D eigenvalue weighted by Gasteiger charge is -2.13. The molecule has 22 heavy (non-hydrogen) atoms. The number of benzene rings is 1. The first kappa shape index (κ1) is 19.3. The van der Waals surface area contributed by atoms with Crippen molar-refractivity contribution in [3.8, 4) is 11.5 Å². The highest BCUT2D eigenvalue weighted by Crippen LogP contribution is 2.33. The average Bonchev–Trinajstić information content (AvgIpc) is 2.98. The van der Waals surface area contributed by atoms with E-state index in [2.05, 4.69) is 26.2 Å². The van der Waals surface area contributed by atoms with Gasteiger partial charge < -0.3 is 20.5 Å². The average molecular weight is 484 g/mol. The van der Waals surface area contributed by atoms with Gasteiger partial charge in [-0.2, -0.15) is 0 Å². The van der Waals surface area contributed by atoms with Gasteiger partial charge in [-0.25, -0.2) is 4.99 Å². The van der Waals surface area contributed by atoms with Gasteiger partial charge in [0, 0.05) is 10.5 Å². The molecule has 0 spiro atoms. The Hall–Kier alpha value is -0.700. The molecule has 124 valence electrons. The zero-order valence-electron chi connectivity index (χ0n) is 12.9. The van der Waals surface area contributed by atoms with Crippen molar-refractivity contribution in [3.63, 3.8) is 0 Å². The summed E-state index contributed by atoms with van der Waals surface area (Å²) in [6.45, 7) is 0.493. The van der Waals surface area contributed by atoms with E-state index in [1.165, 1.54) is 25.7 Å². The summed E-state index contributed by atoms with van der Waals surface area (Å²) in [5.74, 6) is 1.88. The first-order valence-electron chi connectivity index (χ1n) is 7.11. The molecule has 1 saturated carbocycles. The van der Waals surface area contributed by atoms with E-state index >= 15 is 0 Å². The molecule has 0 aliphatic heterocycles. The van der Waals surface area contributed by atoms with E-state index in [-0.39, 0.29) is 24.0 Å². The number of guanidine groups is 1. The summed E-state index contributed by atoms with van der Waals surface area (Å²) in [6, 6.07) is 4.27. The number of nitrogens with one attached hydrogen (secondary N) is 1. The maximum absolute atomic E-state index is 5.95. The second-order valence-corrected chi connectivity index (χ2v) is 5.98. The first-order valence-corrected chi connectivity index (χ1v) is 7.90. The predicted octanol–water partition coefficient (Wildman–Crippen LogP) is 3.43. The molecule has 0 unspecified atom stereocenters. The second-order valence-electron chi connectivity index (χ2n) is 5.13. The number of ether oxygens (including phenoxy) is 2. The summed E-state index contributed by atoms with van der Waals surface area (Å²) in [7, 11) is 3.24. The van der Waals surface area contributed by atoms with Crippen molar-refractivity contribution in [1.29, 1.82) is 0 Å². The van der Waals surface area contributed by atoms with Crippen molar-refractivity contribution in [1.82, 2.24) is 5.32 Å². The molecule has 1 aromatic rings. The molecule has 1 aromatic carbocycles. The Kier molecular flexibility index (Phi) is 8.30. The molecule has 0 atom stereocenters. The van der Waals surface area contributed by atoms with Crippen molar-refractivity contribution >= 4 is 45.9 Å². The SMILES string of the molecule is COc1cc(Br)c(CN=C(N)NC2CCCC2)cc1OC.I. The number of methoxy groups -OCH3 is 2. The maximum Gasteiger partial charge on any atom is 0.189 e. The molecule has 0 radical (unpaired) electrons. The van der Waals surface area contributed by atoms with Crippen LogP contribution in [-0.2, 0) is 6.54 Å². The van der Waals surface area contributed by atoms with E-state index in [1.54, 1.807) is 14.2 Å². The highest BCUT2D eigenvalue weighted by Gasteiger charge is 2.15. The number of halogens is 2. The van der Waals surface area contributed by atoms with Crippen LogP contribution in [0.3, 0.4) is 0 Å². The third kappa shape index (κ3) is 5.19. The van der Waals surface area contributed by atoms with E-state index in [1.807, 2.05) is 12.1 Å². The third-order valence-corrected chi connectivity index (χ3v) is 4.42. The minimum absolute atomic E-state index is 0. The number of hydrogen-bond donors (Lipinski definition) is 2. The molecule has 1 aliphatic rings. The van der Waals surface area contributed by atoms with Crippen molar-refractivity contribution in [2.75, 3.05) is 14.2 Å². The minimum atomic E-state index is 0. The number of nitrogens with two attached hydrogens (primary N) is 1. The third-order valence-electron chi connectivity index (χ3n) is 3.68. The van der Waals surface area contributed by atoms with Gasteiger partial charge >= 0.3 is 0 Å². The van der Waals surface area contributed by atoms with Crippen LogP contribution in [0.1, 0.15) is 31.2 Å². The standard InChI is InChI=1S/C15H22BrN3O2.HI/c1-20-13-7-10(12(16)8-14(13)21-2)9-18-15(17)19-11-5-3-4-6-11;/h7-8,11H,3-6,9H2,1-2H3,(H3,17,18,19);1H. The van der Waals surface area contributed by atoms with Crippen molar-refractivity contribution < 1.29 is 9.47 Å². The Labute approximate surface area is 157 Å². The van der Waals surface area contributed by atoms with Gasteiger partial charge in [0.25, 0.3) is 0 Å². The van der Waals surface area contributed by atoms with Crippen molar-refractivity contribution in [3.05, 3.63) is 22.2 Å². The van der Waals surface area contributed by atoms with Crippen LogP contribution in [0.5, 0.6) is 11.5 Å². The van der Waals surface area contributed by atoms with Crippen LogP contribution >= 0.6 is 39.9 Å². The Morgan fingerprint density at radius 1 is 1.27 bits per heavy atom. The minimum Gasteiger partial charge on any atom is -0.493 e. The molecular weight excluding hydrogens is 461 g/mol. The van der Waals surface area contributed by atoms with Crippen LogP contribution in [-0.4, -0.2) is 26.2 Å². The van der Waals surface area contributed by atoms with E-state index in [9.17, 15) is 0 Å². The summed E-state index contributed by atoms with van der Waals surface area (Å²) >= 11 is 3.52. The molecule has 2 rings (SSSR count). The molecule has 0 bridgehead atoms. The van der Waals surface area contributed by atoms with Gasteiger partial charge in [0.15, 0.2) is 17.5 Å². The van der Waals surface area contributed by atoms with Crippen LogP contribution in [0.2, 0.25) is 0 Å². The van der Waals surface area contributed by atoms with Crippen molar-refractivity contribution in [2.45, 2.75) is 38.3 Å². The fraction of sp³-hybridized carbons (Fsp3) is 0.533. The Bertz CT molecular complexity index is 520. The lowest BCUT2D eigenvalue weighted by atomic mass is 10.2. The molecule has 0 aromatic heterocycles. The normalized spacial score (nSPS) is 15.3. The Morgan fingerprint density at radius 2 is 1.86 bits per heavy atom. The van der Waals surface area contributed by atoms with E-state index in [0.29, 0.717) is 30.0 Å². The summed E-state index contributed by atoms with van der Waals surface area (Å²) in [5.41, 5.74) is 6.95. The van der Waals surface area contributed by atoms with Gasteiger partial charge in [-0.3, -0.25) is 0 Å². The van der Waals surface area contributed by atoms with Crippen molar-refractivity contribution in [2.24, 2.45) is 10.7 Å². The molecule has 0 heterocycles. The lowest BCUT2D eigenvalue weighted by molar-refractivity contribution is 0.354. The topological polar surface area (TPSA) is 68.9 Å². The largest absolute Gasteiger partial charge is 0.493 e. The second kappa shape index (κ2) is 9.44. The lowest BCUT2D eigenvalue weighted by Crippen LogP contribution is -2.38. The van der Waals surface area contributed by atoms with E-state index < -0.39 is 0 Å². The molecule has 0 amide bonds. The van der Waals surface area contributed by atoms with E-state index in [4.69, 9.17) is 15.2 Å². The summed E-state index contributed by atoms with van der Waals surface area (Å²) in [4.78, 5) is 4.41. The maximum atomic E-state index is 5.95. The monoisotopic (exact) mass is 483 g/mol. The van der Waals surface area contributed by atoms with Crippen LogP contribution in [0, 0.1) is 0 Å². The molecule has 0 saturated heterocycles. The highest BCUT2D eigenvalue weighted by atomic mass is 127. The van der Waals surface area contributed by atoms with Gasteiger partial charge in [-0.15, -0.1) is 24.0 Å². The number of rotatable bonds is 5. The summed E-state index contributed by atoms with van der Waals surface area (Å²) in [6.07, 6.45) is 4.89. The molecule has 7 heteroatoms. The van der Waals surface area contributed by atoms with Crippen LogP contribution in [0.4, 0.5) is 0 Å². The zero-order chi connectivity index (χ0) is 15.2. The smallest absolute Gasteiger partial charge is 0.189 e. The van der Waals surface area contributed by atoms with Gasteiger partial charge in [0.1, 0.15) is 0 Å². The molecule has 1 fully saturated rings. The highest BCUT2D eigenvalue weighted by molar-refractivity contribution is 14.0. The molecule has 1 aliphatic carbocycles. The van der Waals surface area contributed by atoms with Crippen LogP contribution < -0.4 is 20.5 Å². The fourth-order valence-electron chi connectivity index (χ4n) is 2.51. The van der Waals surface area contributed by atoms with Gasteiger partial charge in [-0.05, 0) is 30.5 Å². The van der Waals surface area contributed by atoms with Crippen LogP contribution in [0.25, 0.3) is 0 Å². The van der Waals surface area contributed by atoms with Crippen LogP contribution in [0.15, 0.2) is 21.6 Å². The quantitative estimate of drug-likeness (QED) is 0.382. The molecule has 3 N–H and O–H groups in total. The fourth-order valence-corrected chi connectivity index (χ4v) is 2.96. The van der Waals surface area contributed by atoms with Gasteiger partial charge in [0.05, 0.1) is 20.8 Å². The first-order chi connectivity index (χ1) is 10.1. The number of nitrogens with zero attached hydrogens (tertiary/aromatic N) is 1. The molecule has 5 nitrogen and oxygen atoms in total. The number of aliphatic imine (C=N–C) groups is 1. The predicted molar refractivity (Wildman–Crippen MR) is 103 cm³/mol.